The van der Waals surface area contributed by atoms with Gasteiger partial charge in [0.25, 0.3) is 5.91 Å². The first-order chi connectivity index (χ1) is 13.4. The SMILES string of the molecule is COc1ccc(-c2noc(CN(C)C(=O)c3ccc(Cl)cc3Cl)n2)c(OC)c1. The highest BCUT2D eigenvalue weighted by Crippen LogP contribution is 2.31. The third-order valence-corrected chi connectivity index (χ3v) is 4.55. The van der Waals surface area contributed by atoms with Crippen molar-refractivity contribution in [2.24, 2.45) is 0 Å². The topological polar surface area (TPSA) is 77.7 Å². The molecular weight excluding hydrogens is 405 g/mol. The third kappa shape index (κ3) is 4.21. The summed E-state index contributed by atoms with van der Waals surface area (Å²) in [6, 6.07) is 9.97. The van der Waals surface area contributed by atoms with Gasteiger partial charge in [-0.15, -0.1) is 0 Å². The number of amides is 1. The molecule has 1 amide bonds. The van der Waals surface area contributed by atoms with Gasteiger partial charge in [-0.2, -0.15) is 4.98 Å². The molecule has 9 heteroatoms. The van der Waals surface area contributed by atoms with Gasteiger partial charge in [-0.1, -0.05) is 28.4 Å². The van der Waals surface area contributed by atoms with Gasteiger partial charge >= 0.3 is 0 Å². The van der Waals surface area contributed by atoms with Crippen molar-refractivity contribution in [3.05, 3.63) is 57.9 Å². The zero-order valence-electron chi connectivity index (χ0n) is 15.4. The molecule has 3 aromatic rings. The van der Waals surface area contributed by atoms with Crippen molar-refractivity contribution in [1.82, 2.24) is 15.0 Å². The number of methoxy groups -OCH3 is 2. The predicted octanol–water partition coefficient (Wildman–Crippen LogP) is 4.33. The molecule has 0 N–H and O–H groups in total. The van der Waals surface area contributed by atoms with Crippen molar-refractivity contribution >= 4 is 29.1 Å². The second-order valence-electron chi connectivity index (χ2n) is 5.86. The number of hydrogen-bond donors (Lipinski definition) is 0. The smallest absolute Gasteiger partial charge is 0.255 e. The average Bonchev–Trinajstić information content (AvgIpc) is 3.15. The van der Waals surface area contributed by atoms with Crippen molar-refractivity contribution in [2.45, 2.75) is 6.54 Å². The zero-order valence-corrected chi connectivity index (χ0v) is 16.9. The lowest BCUT2D eigenvalue weighted by molar-refractivity contribution is 0.0770. The van der Waals surface area contributed by atoms with E-state index in [0.29, 0.717) is 33.5 Å². The van der Waals surface area contributed by atoms with Crippen LogP contribution in [-0.2, 0) is 6.54 Å². The first-order valence-electron chi connectivity index (χ1n) is 8.18. The van der Waals surface area contributed by atoms with Crippen LogP contribution in [0.25, 0.3) is 11.4 Å². The highest BCUT2D eigenvalue weighted by atomic mass is 35.5. The fraction of sp³-hybridized carbons (Fsp3) is 0.211. The standard InChI is InChI=1S/C19H17Cl2N3O4/c1-24(19(25)13-6-4-11(20)8-15(13)21)10-17-22-18(23-28-17)14-7-5-12(26-2)9-16(14)27-3/h4-9H,10H2,1-3H3. The highest BCUT2D eigenvalue weighted by molar-refractivity contribution is 6.36. The minimum Gasteiger partial charge on any atom is -0.497 e. The summed E-state index contributed by atoms with van der Waals surface area (Å²) in [4.78, 5) is 18.4. The Labute approximate surface area is 171 Å². The van der Waals surface area contributed by atoms with Crippen LogP contribution in [0, 0.1) is 0 Å². The Morgan fingerprint density at radius 1 is 1.14 bits per heavy atom. The number of ether oxygens (including phenoxy) is 2. The number of rotatable bonds is 6. The molecule has 0 radical (unpaired) electrons. The monoisotopic (exact) mass is 421 g/mol. The Morgan fingerprint density at radius 2 is 1.93 bits per heavy atom. The molecule has 0 saturated heterocycles. The largest absolute Gasteiger partial charge is 0.497 e. The van der Waals surface area contributed by atoms with Gasteiger partial charge in [0, 0.05) is 18.1 Å². The van der Waals surface area contributed by atoms with Gasteiger partial charge < -0.3 is 18.9 Å². The molecule has 7 nitrogen and oxygen atoms in total. The Balaban J connectivity index is 1.78. The van der Waals surface area contributed by atoms with E-state index >= 15 is 0 Å². The molecular formula is C19H17Cl2N3O4. The van der Waals surface area contributed by atoms with Crippen LogP contribution in [-0.4, -0.2) is 42.2 Å². The Hall–Kier alpha value is -2.77. The average molecular weight is 422 g/mol. The van der Waals surface area contributed by atoms with Crippen LogP contribution in [0.4, 0.5) is 0 Å². The van der Waals surface area contributed by atoms with Crippen LogP contribution >= 0.6 is 23.2 Å². The molecule has 146 valence electrons. The number of benzene rings is 2. The van der Waals surface area contributed by atoms with Gasteiger partial charge in [0.2, 0.25) is 11.7 Å². The van der Waals surface area contributed by atoms with Crippen molar-refractivity contribution in [3.8, 4) is 22.9 Å². The van der Waals surface area contributed by atoms with Crippen LogP contribution in [0.2, 0.25) is 10.0 Å². The van der Waals surface area contributed by atoms with Gasteiger partial charge in [-0.05, 0) is 30.3 Å². The number of halogens is 2. The fourth-order valence-corrected chi connectivity index (χ4v) is 3.04. The number of nitrogens with zero attached hydrogens (tertiary/aromatic N) is 3. The molecule has 0 atom stereocenters. The van der Waals surface area contributed by atoms with Crippen LogP contribution in [0.1, 0.15) is 16.2 Å². The van der Waals surface area contributed by atoms with Crippen molar-refractivity contribution in [3.63, 3.8) is 0 Å². The van der Waals surface area contributed by atoms with E-state index in [4.69, 9.17) is 37.2 Å². The summed E-state index contributed by atoms with van der Waals surface area (Å²) in [6.45, 7) is 0.114. The molecule has 28 heavy (non-hydrogen) atoms. The van der Waals surface area contributed by atoms with Crippen molar-refractivity contribution in [2.75, 3.05) is 21.3 Å². The Bertz CT molecular complexity index is 1010. The summed E-state index contributed by atoms with van der Waals surface area (Å²) in [6.07, 6.45) is 0. The van der Waals surface area contributed by atoms with Crippen LogP contribution in [0.5, 0.6) is 11.5 Å². The molecule has 0 aliphatic carbocycles. The van der Waals surface area contributed by atoms with E-state index in [0.717, 1.165) is 0 Å². The van der Waals surface area contributed by atoms with Gasteiger partial charge in [0.05, 0.1) is 36.9 Å². The van der Waals surface area contributed by atoms with Gasteiger partial charge in [0.15, 0.2) is 0 Å². The van der Waals surface area contributed by atoms with E-state index in [2.05, 4.69) is 10.1 Å². The maximum absolute atomic E-state index is 12.6. The summed E-state index contributed by atoms with van der Waals surface area (Å²) in [5.74, 6) is 1.52. The van der Waals surface area contributed by atoms with Crippen LogP contribution in [0.3, 0.4) is 0 Å². The third-order valence-electron chi connectivity index (χ3n) is 4.00. The summed E-state index contributed by atoms with van der Waals surface area (Å²) >= 11 is 12.0. The van der Waals surface area contributed by atoms with Crippen LogP contribution in [0.15, 0.2) is 40.9 Å². The minimum absolute atomic E-state index is 0.114. The maximum Gasteiger partial charge on any atom is 0.255 e. The molecule has 0 fully saturated rings. The van der Waals surface area contributed by atoms with E-state index in [1.165, 1.54) is 11.0 Å². The number of hydrogen-bond acceptors (Lipinski definition) is 6. The summed E-state index contributed by atoms with van der Waals surface area (Å²) in [5.41, 5.74) is 0.984. The first-order valence-corrected chi connectivity index (χ1v) is 8.94. The normalized spacial score (nSPS) is 10.6. The molecule has 0 saturated carbocycles. The number of carbonyl (C=O) groups is 1. The van der Waals surface area contributed by atoms with E-state index < -0.39 is 0 Å². The number of carbonyl (C=O) groups excluding carboxylic acids is 1. The molecule has 3 rings (SSSR count). The minimum atomic E-state index is -0.288. The van der Waals surface area contributed by atoms with E-state index in [-0.39, 0.29) is 23.4 Å². The Morgan fingerprint density at radius 3 is 2.61 bits per heavy atom. The van der Waals surface area contributed by atoms with Crippen molar-refractivity contribution in [1.29, 1.82) is 0 Å². The molecule has 1 heterocycles. The lowest BCUT2D eigenvalue weighted by Crippen LogP contribution is -2.26. The molecule has 0 bridgehead atoms. The molecule has 2 aromatic carbocycles. The van der Waals surface area contributed by atoms with E-state index in [1.807, 2.05) is 0 Å². The molecule has 0 aliphatic heterocycles. The molecule has 0 spiro atoms. The zero-order chi connectivity index (χ0) is 20.3. The second kappa shape index (κ2) is 8.50. The highest BCUT2D eigenvalue weighted by Gasteiger charge is 2.20. The van der Waals surface area contributed by atoms with Crippen LogP contribution < -0.4 is 9.47 Å². The quantitative estimate of drug-likeness (QED) is 0.589. The molecule has 1 aromatic heterocycles. The lowest BCUT2D eigenvalue weighted by atomic mass is 10.2. The van der Waals surface area contributed by atoms with Gasteiger partial charge in [-0.3, -0.25) is 4.79 Å². The summed E-state index contributed by atoms with van der Waals surface area (Å²) in [7, 11) is 4.73. The summed E-state index contributed by atoms with van der Waals surface area (Å²) in [5, 5.41) is 4.71. The predicted molar refractivity (Wildman–Crippen MR) is 105 cm³/mol. The Kier molecular flexibility index (Phi) is 6.06. The van der Waals surface area contributed by atoms with E-state index in [9.17, 15) is 4.79 Å². The van der Waals surface area contributed by atoms with Gasteiger partial charge in [0.1, 0.15) is 11.5 Å². The van der Waals surface area contributed by atoms with Gasteiger partial charge in [-0.25, -0.2) is 0 Å². The second-order valence-corrected chi connectivity index (χ2v) is 6.71. The molecule has 0 unspecified atom stereocenters. The van der Waals surface area contributed by atoms with Crippen molar-refractivity contribution < 1.29 is 18.8 Å². The first kappa shape index (κ1) is 20.0. The number of aromatic nitrogens is 2. The lowest BCUT2D eigenvalue weighted by Gasteiger charge is -2.15. The fourth-order valence-electron chi connectivity index (χ4n) is 2.55. The van der Waals surface area contributed by atoms with E-state index in [1.54, 1.807) is 51.6 Å². The molecule has 0 aliphatic rings. The summed E-state index contributed by atoms with van der Waals surface area (Å²) < 4.78 is 15.8. The maximum atomic E-state index is 12.6.